The van der Waals surface area contributed by atoms with Gasteiger partial charge in [0.2, 0.25) is 5.75 Å². The van der Waals surface area contributed by atoms with E-state index < -0.39 is 5.97 Å². The van der Waals surface area contributed by atoms with Crippen molar-refractivity contribution in [3.05, 3.63) is 70.3 Å². The molecule has 0 spiro atoms. The summed E-state index contributed by atoms with van der Waals surface area (Å²) in [6.45, 7) is 0. The first-order valence-electron chi connectivity index (χ1n) is 12.2. The summed E-state index contributed by atoms with van der Waals surface area (Å²) >= 11 is 0. The van der Waals surface area contributed by atoms with Gasteiger partial charge in [0.1, 0.15) is 11.3 Å². The van der Waals surface area contributed by atoms with E-state index in [9.17, 15) is 4.79 Å². The summed E-state index contributed by atoms with van der Waals surface area (Å²) in [5, 5.41) is 0. The molecule has 0 bridgehead atoms. The van der Waals surface area contributed by atoms with Crippen LogP contribution >= 0.6 is 0 Å². The molecule has 8 heteroatoms. The smallest absolute Gasteiger partial charge is 0.341 e. The van der Waals surface area contributed by atoms with E-state index in [-0.39, 0.29) is 0 Å². The van der Waals surface area contributed by atoms with Crippen molar-refractivity contribution < 1.29 is 38.0 Å². The second-order valence-corrected chi connectivity index (χ2v) is 8.54. The van der Waals surface area contributed by atoms with Crippen molar-refractivity contribution >= 4 is 5.97 Å². The Bertz CT molecular complexity index is 1230. The Balaban J connectivity index is 1.88. The molecule has 8 nitrogen and oxygen atoms in total. The summed E-state index contributed by atoms with van der Waals surface area (Å²) in [4.78, 5) is 12.0. The predicted molar refractivity (Wildman–Crippen MR) is 145 cm³/mol. The molecule has 0 atom stereocenters. The minimum Gasteiger partial charge on any atom is -0.496 e. The molecule has 3 aromatic carbocycles. The normalized spacial score (nSPS) is 10.5. The molecular formula is C30H36O8. The monoisotopic (exact) mass is 524 g/mol. The highest BCUT2D eigenvalue weighted by atomic mass is 16.5. The molecule has 0 radical (unpaired) electrons. The highest BCUT2D eigenvalue weighted by Gasteiger charge is 2.17. The molecule has 204 valence electrons. The van der Waals surface area contributed by atoms with E-state index in [1.165, 1.54) is 7.11 Å². The summed E-state index contributed by atoms with van der Waals surface area (Å²) in [6.07, 6.45) is 3.01. The number of hydrogen-bond donors (Lipinski definition) is 0. The van der Waals surface area contributed by atoms with E-state index in [4.69, 9.17) is 33.2 Å². The van der Waals surface area contributed by atoms with E-state index in [2.05, 4.69) is 0 Å². The summed E-state index contributed by atoms with van der Waals surface area (Å²) < 4.78 is 37.9. The lowest BCUT2D eigenvalue weighted by atomic mass is 9.94. The minimum atomic E-state index is -0.428. The fourth-order valence-corrected chi connectivity index (χ4v) is 4.44. The van der Waals surface area contributed by atoms with Crippen LogP contribution in [0.15, 0.2) is 42.5 Å². The number of methoxy groups -OCH3 is 7. The van der Waals surface area contributed by atoms with Crippen LogP contribution in [0.4, 0.5) is 0 Å². The van der Waals surface area contributed by atoms with Crippen LogP contribution in [-0.2, 0) is 30.4 Å². The summed E-state index contributed by atoms with van der Waals surface area (Å²) in [7, 11) is 11.0. The summed E-state index contributed by atoms with van der Waals surface area (Å²) in [5.41, 5.74) is 4.79. The Morgan fingerprint density at radius 3 is 1.45 bits per heavy atom. The summed E-state index contributed by atoms with van der Waals surface area (Å²) in [6, 6.07) is 13.5. The molecule has 0 amide bonds. The fraction of sp³-hybridized carbons (Fsp3) is 0.367. The molecule has 0 fully saturated rings. The van der Waals surface area contributed by atoms with Crippen molar-refractivity contribution in [3.63, 3.8) is 0 Å². The maximum atomic E-state index is 12.0. The molecule has 0 heterocycles. The maximum Gasteiger partial charge on any atom is 0.341 e. The Hall–Kier alpha value is -4.07. The molecule has 0 unspecified atom stereocenters. The van der Waals surface area contributed by atoms with Gasteiger partial charge in [-0.3, -0.25) is 0 Å². The third-order valence-corrected chi connectivity index (χ3v) is 6.47. The zero-order valence-corrected chi connectivity index (χ0v) is 23.1. The average Bonchev–Trinajstić information content (AvgIpc) is 2.97. The van der Waals surface area contributed by atoms with Crippen LogP contribution < -0.4 is 28.4 Å². The van der Waals surface area contributed by atoms with Gasteiger partial charge in [-0.25, -0.2) is 4.79 Å². The lowest BCUT2D eigenvalue weighted by Crippen LogP contribution is -2.06. The Kier molecular flexibility index (Phi) is 10.1. The number of carbonyl (C=O) groups is 1. The second kappa shape index (κ2) is 13.5. The fourth-order valence-electron chi connectivity index (χ4n) is 4.44. The highest BCUT2D eigenvalue weighted by Crippen LogP contribution is 2.39. The van der Waals surface area contributed by atoms with Gasteiger partial charge in [-0.05, 0) is 84.3 Å². The number of hydrogen-bond acceptors (Lipinski definition) is 8. The molecule has 0 aliphatic rings. The third-order valence-electron chi connectivity index (χ3n) is 6.47. The standard InChI is InChI=1S/C30H36O8/c1-32-24-14-19(10-13-23(24)30(31)38-7)8-11-21-17-25(33-2)26(34-3)18-22(21)12-9-20-15-27(35-4)29(37-6)28(16-20)36-5/h10,13-18H,8-9,11-12H2,1-7H3. The van der Waals surface area contributed by atoms with Crippen LogP contribution in [-0.4, -0.2) is 55.7 Å². The van der Waals surface area contributed by atoms with Crippen LogP contribution in [0.2, 0.25) is 0 Å². The zero-order chi connectivity index (χ0) is 27.7. The number of rotatable bonds is 13. The van der Waals surface area contributed by atoms with Crippen molar-refractivity contribution in [1.82, 2.24) is 0 Å². The van der Waals surface area contributed by atoms with Crippen LogP contribution in [0, 0.1) is 0 Å². The molecule has 0 aliphatic carbocycles. The van der Waals surface area contributed by atoms with E-state index in [0.717, 1.165) is 47.9 Å². The lowest BCUT2D eigenvalue weighted by molar-refractivity contribution is 0.0597. The minimum absolute atomic E-state index is 0.399. The van der Waals surface area contributed by atoms with Crippen molar-refractivity contribution in [2.24, 2.45) is 0 Å². The molecule has 0 saturated carbocycles. The zero-order valence-electron chi connectivity index (χ0n) is 23.1. The summed E-state index contributed by atoms with van der Waals surface area (Å²) in [5.74, 6) is 3.24. The maximum absolute atomic E-state index is 12.0. The number of esters is 1. The van der Waals surface area contributed by atoms with Crippen LogP contribution in [0.5, 0.6) is 34.5 Å². The largest absolute Gasteiger partial charge is 0.496 e. The van der Waals surface area contributed by atoms with Gasteiger partial charge in [0, 0.05) is 0 Å². The first-order valence-corrected chi connectivity index (χ1v) is 12.2. The van der Waals surface area contributed by atoms with Crippen molar-refractivity contribution in [2.45, 2.75) is 25.7 Å². The molecular weight excluding hydrogens is 488 g/mol. The van der Waals surface area contributed by atoms with E-state index in [0.29, 0.717) is 40.1 Å². The first kappa shape index (κ1) is 28.5. The Labute approximate surface area is 224 Å². The van der Waals surface area contributed by atoms with Crippen LogP contribution in [0.25, 0.3) is 0 Å². The molecule has 0 aromatic heterocycles. The number of benzene rings is 3. The SMILES string of the molecule is COC(=O)c1ccc(CCc2cc(OC)c(OC)cc2CCc2cc(OC)c(OC)c(OC)c2)cc1OC. The molecule has 3 rings (SSSR count). The first-order chi connectivity index (χ1) is 18.4. The molecule has 0 aliphatic heterocycles. The quantitative estimate of drug-likeness (QED) is 0.286. The van der Waals surface area contributed by atoms with Crippen molar-refractivity contribution in [1.29, 1.82) is 0 Å². The second-order valence-electron chi connectivity index (χ2n) is 8.54. The van der Waals surface area contributed by atoms with Gasteiger partial charge >= 0.3 is 5.97 Å². The van der Waals surface area contributed by atoms with Crippen LogP contribution in [0.3, 0.4) is 0 Å². The van der Waals surface area contributed by atoms with Crippen molar-refractivity contribution in [3.8, 4) is 34.5 Å². The molecule has 3 aromatic rings. The molecule has 0 saturated heterocycles. The van der Waals surface area contributed by atoms with Gasteiger partial charge in [-0.2, -0.15) is 0 Å². The van der Waals surface area contributed by atoms with E-state index in [1.807, 2.05) is 36.4 Å². The topological polar surface area (TPSA) is 81.7 Å². The van der Waals surface area contributed by atoms with Gasteiger partial charge < -0.3 is 33.2 Å². The van der Waals surface area contributed by atoms with Gasteiger partial charge in [-0.1, -0.05) is 6.07 Å². The van der Waals surface area contributed by atoms with Gasteiger partial charge in [-0.15, -0.1) is 0 Å². The van der Waals surface area contributed by atoms with Gasteiger partial charge in [0.05, 0.1) is 49.8 Å². The Morgan fingerprint density at radius 1 is 0.526 bits per heavy atom. The lowest BCUT2D eigenvalue weighted by Gasteiger charge is -2.17. The molecule has 0 N–H and O–H groups in total. The molecule has 38 heavy (non-hydrogen) atoms. The van der Waals surface area contributed by atoms with E-state index >= 15 is 0 Å². The van der Waals surface area contributed by atoms with Crippen molar-refractivity contribution in [2.75, 3.05) is 49.8 Å². The van der Waals surface area contributed by atoms with E-state index in [1.54, 1.807) is 48.7 Å². The van der Waals surface area contributed by atoms with Gasteiger partial charge in [0.15, 0.2) is 23.0 Å². The van der Waals surface area contributed by atoms with Gasteiger partial charge in [0.25, 0.3) is 0 Å². The third kappa shape index (κ3) is 6.43. The number of aryl methyl sites for hydroxylation is 4. The average molecular weight is 525 g/mol. The highest BCUT2D eigenvalue weighted by molar-refractivity contribution is 5.92. The number of ether oxygens (including phenoxy) is 7. The number of carbonyl (C=O) groups excluding carboxylic acids is 1. The predicted octanol–water partition coefficient (Wildman–Crippen LogP) is 5.10. The van der Waals surface area contributed by atoms with Crippen LogP contribution in [0.1, 0.15) is 32.6 Å². The Morgan fingerprint density at radius 2 is 1.00 bits per heavy atom.